The highest BCUT2D eigenvalue weighted by molar-refractivity contribution is 6.30. The van der Waals surface area contributed by atoms with Gasteiger partial charge in [-0.2, -0.15) is 0 Å². The molecule has 1 aromatic heterocycles. The third-order valence-electron chi connectivity index (χ3n) is 5.86. The molecule has 4 atom stereocenters. The fourth-order valence-corrected chi connectivity index (χ4v) is 4.69. The number of hydrogen-bond acceptors (Lipinski definition) is 6. The molecular weight excluding hydrogens is 416 g/mol. The minimum atomic E-state index is -0.790. The topological polar surface area (TPSA) is 77.5 Å². The van der Waals surface area contributed by atoms with Crippen LogP contribution in [-0.4, -0.2) is 37.2 Å². The van der Waals surface area contributed by atoms with E-state index in [1.807, 2.05) is 61.5 Å². The van der Waals surface area contributed by atoms with E-state index in [2.05, 4.69) is 10.3 Å². The summed E-state index contributed by atoms with van der Waals surface area (Å²) in [5, 5.41) is 4.42. The predicted octanol–water partition coefficient (Wildman–Crippen LogP) is 3.96. The smallest absolute Gasteiger partial charge is 0.323 e. The van der Waals surface area contributed by atoms with Crippen molar-refractivity contribution >= 4 is 34.4 Å². The van der Waals surface area contributed by atoms with Crippen molar-refractivity contribution < 1.29 is 19.1 Å². The average molecular weight is 439 g/mol. The molecule has 0 saturated carbocycles. The number of aryl methyl sites for hydroxylation is 1. The number of carbonyl (C=O) groups excluding carboxylic acids is 2. The summed E-state index contributed by atoms with van der Waals surface area (Å²) in [6.07, 6.45) is 0. The number of aromatic nitrogens is 1. The first-order chi connectivity index (χ1) is 14.9. The van der Waals surface area contributed by atoms with Crippen LogP contribution in [0.5, 0.6) is 0 Å². The van der Waals surface area contributed by atoms with Gasteiger partial charge in [0.25, 0.3) is 0 Å². The molecular formula is C24H23ClN2O4. The number of halogens is 1. The fraction of sp³-hybridized carbons (Fsp3) is 0.292. The molecule has 1 aliphatic rings. The summed E-state index contributed by atoms with van der Waals surface area (Å²) >= 11 is 6.61. The molecule has 2 heterocycles. The maximum Gasteiger partial charge on any atom is 0.323 e. The summed E-state index contributed by atoms with van der Waals surface area (Å²) in [5.74, 6) is -2.22. The lowest BCUT2D eigenvalue weighted by atomic mass is 9.80. The van der Waals surface area contributed by atoms with Crippen LogP contribution in [0.3, 0.4) is 0 Å². The molecule has 160 valence electrons. The Morgan fingerprint density at radius 2 is 1.71 bits per heavy atom. The maximum absolute atomic E-state index is 13.0. The zero-order valence-corrected chi connectivity index (χ0v) is 18.2. The molecule has 0 bridgehead atoms. The molecule has 7 heteroatoms. The van der Waals surface area contributed by atoms with E-state index in [0.717, 1.165) is 22.0 Å². The Bertz CT molecular complexity index is 1140. The Morgan fingerprint density at radius 1 is 1.00 bits per heavy atom. The molecule has 31 heavy (non-hydrogen) atoms. The zero-order valence-electron chi connectivity index (χ0n) is 17.5. The van der Waals surface area contributed by atoms with Crippen LogP contribution in [-0.2, 0) is 19.1 Å². The van der Waals surface area contributed by atoms with Crippen molar-refractivity contribution in [3.8, 4) is 0 Å². The number of pyridine rings is 1. The largest absolute Gasteiger partial charge is 0.469 e. The van der Waals surface area contributed by atoms with E-state index in [9.17, 15) is 9.59 Å². The Morgan fingerprint density at radius 3 is 2.39 bits per heavy atom. The molecule has 1 saturated heterocycles. The summed E-state index contributed by atoms with van der Waals surface area (Å²) < 4.78 is 10.2. The van der Waals surface area contributed by atoms with Gasteiger partial charge in [-0.1, -0.05) is 54.1 Å². The summed E-state index contributed by atoms with van der Waals surface area (Å²) in [5.41, 5.74) is 3.29. The summed E-state index contributed by atoms with van der Waals surface area (Å²) in [7, 11) is 2.67. The van der Waals surface area contributed by atoms with Gasteiger partial charge in [-0.3, -0.25) is 14.9 Å². The van der Waals surface area contributed by atoms with E-state index >= 15 is 0 Å². The van der Waals surface area contributed by atoms with Crippen LogP contribution in [0.1, 0.15) is 28.7 Å². The van der Waals surface area contributed by atoms with Gasteiger partial charge in [-0.05, 0) is 35.7 Å². The van der Waals surface area contributed by atoms with E-state index in [4.69, 9.17) is 21.1 Å². The van der Waals surface area contributed by atoms with Crippen molar-refractivity contribution in [1.82, 2.24) is 10.3 Å². The second-order valence-electron chi connectivity index (χ2n) is 7.70. The number of hydrogen-bond donors (Lipinski definition) is 1. The van der Waals surface area contributed by atoms with Crippen molar-refractivity contribution in [1.29, 1.82) is 0 Å². The highest BCUT2D eigenvalue weighted by Gasteiger charge is 2.52. The SMILES string of the molecule is COC(=O)[C@H]1[C@H](c2cc3ccc(C)cc3nc2Cl)[C@@H](C(=O)OC)N[C@H]1c1ccccc1. The molecule has 0 amide bonds. The number of esters is 2. The average Bonchev–Trinajstić information content (AvgIpc) is 3.18. The van der Waals surface area contributed by atoms with Crippen LogP contribution >= 0.6 is 11.6 Å². The van der Waals surface area contributed by atoms with Gasteiger partial charge < -0.3 is 9.47 Å². The van der Waals surface area contributed by atoms with E-state index in [0.29, 0.717) is 5.56 Å². The van der Waals surface area contributed by atoms with Crippen molar-refractivity contribution in [3.05, 3.63) is 76.4 Å². The number of nitrogens with zero attached hydrogens (tertiary/aromatic N) is 1. The second-order valence-corrected chi connectivity index (χ2v) is 8.05. The third kappa shape index (κ3) is 3.89. The highest BCUT2D eigenvalue weighted by atomic mass is 35.5. The van der Waals surface area contributed by atoms with Crippen molar-refractivity contribution in [2.24, 2.45) is 5.92 Å². The molecule has 4 rings (SSSR count). The Balaban J connectivity index is 1.90. The molecule has 2 aromatic carbocycles. The van der Waals surface area contributed by atoms with Gasteiger partial charge in [0.2, 0.25) is 0 Å². The minimum absolute atomic E-state index is 0.251. The molecule has 3 aromatic rings. The van der Waals surface area contributed by atoms with Crippen LogP contribution in [0, 0.1) is 12.8 Å². The number of benzene rings is 2. The number of rotatable bonds is 4. The van der Waals surface area contributed by atoms with Gasteiger partial charge in [-0.15, -0.1) is 0 Å². The van der Waals surface area contributed by atoms with Crippen LogP contribution in [0.2, 0.25) is 5.15 Å². The lowest BCUT2D eigenvalue weighted by Gasteiger charge is -2.24. The molecule has 6 nitrogen and oxygen atoms in total. The molecule has 0 aliphatic carbocycles. The first-order valence-electron chi connectivity index (χ1n) is 9.98. The standard InChI is InChI=1S/C24H23ClN2O4/c1-13-9-10-15-12-16(22(25)26-17(15)11-13)18-19(23(28)30-2)20(14-7-5-4-6-8-14)27-21(18)24(29)31-3/h4-12,18-21,27H,1-3H3/t18-,19-,20-,21-/m0/s1. The van der Waals surface area contributed by atoms with Crippen LogP contribution < -0.4 is 5.32 Å². The molecule has 0 unspecified atom stereocenters. The molecule has 1 aliphatic heterocycles. The number of carbonyl (C=O) groups is 2. The van der Waals surface area contributed by atoms with Crippen LogP contribution in [0.25, 0.3) is 10.9 Å². The lowest BCUT2D eigenvalue weighted by molar-refractivity contribution is -0.146. The third-order valence-corrected chi connectivity index (χ3v) is 6.17. The van der Waals surface area contributed by atoms with E-state index < -0.39 is 35.9 Å². The minimum Gasteiger partial charge on any atom is -0.469 e. The summed E-state index contributed by atoms with van der Waals surface area (Å²) in [6.45, 7) is 1.98. The highest BCUT2D eigenvalue weighted by Crippen LogP contribution is 2.46. The monoisotopic (exact) mass is 438 g/mol. The number of nitrogens with one attached hydrogen (secondary N) is 1. The molecule has 1 fully saturated rings. The van der Waals surface area contributed by atoms with Crippen molar-refractivity contribution in [2.45, 2.75) is 24.9 Å². The second kappa shape index (κ2) is 8.65. The predicted molar refractivity (Wildman–Crippen MR) is 118 cm³/mol. The Labute approximate surface area is 185 Å². The van der Waals surface area contributed by atoms with Gasteiger partial charge in [0.15, 0.2) is 0 Å². The number of methoxy groups -OCH3 is 2. The van der Waals surface area contributed by atoms with E-state index in [1.54, 1.807) is 0 Å². The Hall–Kier alpha value is -2.96. The van der Waals surface area contributed by atoms with Gasteiger partial charge in [0.05, 0.1) is 25.7 Å². The quantitative estimate of drug-likeness (QED) is 0.491. The number of fused-ring (bicyclic) bond motifs is 1. The maximum atomic E-state index is 13.0. The lowest BCUT2D eigenvalue weighted by Crippen LogP contribution is -2.37. The molecule has 0 radical (unpaired) electrons. The van der Waals surface area contributed by atoms with E-state index in [1.165, 1.54) is 14.2 Å². The normalized spacial score (nSPS) is 23.0. The first kappa shape index (κ1) is 21.3. The van der Waals surface area contributed by atoms with Gasteiger partial charge in [-0.25, -0.2) is 4.98 Å². The van der Waals surface area contributed by atoms with Gasteiger partial charge in [0, 0.05) is 17.3 Å². The number of ether oxygens (including phenoxy) is 2. The molecule has 0 spiro atoms. The van der Waals surface area contributed by atoms with Crippen molar-refractivity contribution in [2.75, 3.05) is 14.2 Å². The van der Waals surface area contributed by atoms with Crippen LogP contribution in [0.15, 0.2) is 54.6 Å². The zero-order chi connectivity index (χ0) is 22.1. The van der Waals surface area contributed by atoms with Gasteiger partial charge >= 0.3 is 11.9 Å². The first-order valence-corrected chi connectivity index (χ1v) is 10.4. The van der Waals surface area contributed by atoms with E-state index in [-0.39, 0.29) is 5.15 Å². The van der Waals surface area contributed by atoms with Gasteiger partial charge in [0.1, 0.15) is 11.2 Å². The van der Waals surface area contributed by atoms with Crippen molar-refractivity contribution in [3.63, 3.8) is 0 Å². The molecule has 1 N–H and O–H groups in total. The summed E-state index contributed by atoms with van der Waals surface area (Å²) in [6, 6.07) is 16.0. The van der Waals surface area contributed by atoms with Crippen LogP contribution in [0.4, 0.5) is 0 Å². The summed E-state index contributed by atoms with van der Waals surface area (Å²) in [4.78, 5) is 30.3. The Kier molecular flexibility index (Phi) is 5.94. The fourth-order valence-electron chi connectivity index (χ4n) is 4.42.